The average Bonchev–Trinajstić information content (AvgIpc) is 2.71. The van der Waals surface area contributed by atoms with Gasteiger partial charge in [-0.15, -0.1) is 0 Å². The molecule has 1 fully saturated rings. The van der Waals surface area contributed by atoms with Gasteiger partial charge in [0, 0.05) is 30.9 Å². The van der Waals surface area contributed by atoms with Crippen molar-refractivity contribution in [3.63, 3.8) is 0 Å². The Kier molecular flexibility index (Phi) is 5.82. The van der Waals surface area contributed by atoms with Crippen molar-refractivity contribution in [2.75, 3.05) is 18.4 Å². The number of nitrogens with one attached hydrogen (secondary N) is 2. The molecule has 1 aromatic rings. The van der Waals surface area contributed by atoms with Crippen LogP contribution in [0.2, 0.25) is 0 Å². The molecule has 26 heavy (non-hydrogen) atoms. The van der Waals surface area contributed by atoms with E-state index < -0.39 is 30.0 Å². The summed E-state index contributed by atoms with van der Waals surface area (Å²) >= 11 is 0. The van der Waals surface area contributed by atoms with E-state index in [0.29, 0.717) is 19.0 Å². The fraction of sp³-hybridized carbons (Fsp3) is 0.706. The first-order valence-electron chi connectivity index (χ1n) is 8.78. The number of carbonyl (C=O) groups excluding carboxylic acids is 1. The normalized spacial score (nSPS) is 18.5. The Bertz CT molecular complexity index is 613. The van der Waals surface area contributed by atoms with Crippen LogP contribution in [0.3, 0.4) is 0 Å². The van der Waals surface area contributed by atoms with Crippen LogP contribution in [-0.4, -0.2) is 53.1 Å². The van der Waals surface area contributed by atoms with Gasteiger partial charge in [-0.3, -0.25) is 0 Å². The van der Waals surface area contributed by atoms with E-state index in [-0.39, 0.29) is 0 Å². The molecule has 1 aromatic heterocycles. The maximum Gasteiger partial charge on any atom is 0.498 e. The number of alkyl carbamates (subject to hydrolysis) is 1. The second kappa shape index (κ2) is 7.40. The highest BCUT2D eigenvalue weighted by Gasteiger charge is 2.51. The standard InChI is InChI=1S/C17H29BN4O4/c1-15(2,3)24-14(23)20-9-8-19-13-21-10-12(11-22-13)18-25-16(4,5)17(6,7)26-18/h10-11H,8-9H2,1-7H3,(H,20,23)(H,19,21,22). The number of ether oxygens (including phenoxy) is 1. The van der Waals surface area contributed by atoms with Crippen LogP contribution < -0.4 is 16.1 Å². The van der Waals surface area contributed by atoms with E-state index in [0.717, 1.165) is 5.46 Å². The summed E-state index contributed by atoms with van der Waals surface area (Å²) in [6.07, 6.45) is 2.91. The fourth-order valence-corrected chi connectivity index (χ4v) is 2.18. The summed E-state index contributed by atoms with van der Waals surface area (Å²) in [5, 5.41) is 5.70. The van der Waals surface area contributed by atoms with E-state index in [4.69, 9.17) is 14.0 Å². The Hall–Kier alpha value is -1.87. The summed E-state index contributed by atoms with van der Waals surface area (Å²) < 4.78 is 17.1. The van der Waals surface area contributed by atoms with Crippen molar-refractivity contribution in [2.24, 2.45) is 0 Å². The van der Waals surface area contributed by atoms with E-state index in [2.05, 4.69) is 20.6 Å². The molecule has 0 aliphatic carbocycles. The van der Waals surface area contributed by atoms with Gasteiger partial charge in [-0.25, -0.2) is 14.8 Å². The van der Waals surface area contributed by atoms with E-state index in [1.54, 1.807) is 12.4 Å². The molecule has 0 aromatic carbocycles. The SMILES string of the molecule is CC(C)(C)OC(=O)NCCNc1ncc(B2OC(C)(C)C(C)(C)O2)cn1. The summed E-state index contributed by atoms with van der Waals surface area (Å²) in [5.74, 6) is 0.469. The number of rotatable bonds is 5. The highest BCUT2D eigenvalue weighted by Crippen LogP contribution is 2.36. The summed E-state index contributed by atoms with van der Waals surface area (Å²) in [6, 6.07) is 0. The zero-order valence-corrected chi connectivity index (χ0v) is 16.7. The third-order valence-corrected chi connectivity index (χ3v) is 4.27. The van der Waals surface area contributed by atoms with E-state index in [1.807, 2.05) is 48.5 Å². The number of amides is 1. The summed E-state index contributed by atoms with van der Waals surface area (Å²) in [7, 11) is -0.483. The predicted molar refractivity (Wildman–Crippen MR) is 100 cm³/mol. The monoisotopic (exact) mass is 364 g/mol. The van der Waals surface area contributed by atoms with Gasteiger partial charge in [0.25, 0.3) is 0 Å². The molecule has 0 saturated carbocycles. The molecule has 144 valence electrons. The molecule has 2 heterocycles. The summed E-state index contributed by atoms with van der Waals surface area (Å²) in [4.78, 5) is 20.1. The van der Waals surface area contributed by atoms with Gasteiger partial charge in [0.15, 0.2) is 0 Å². The van der Waals surface area contributed by atoms with Crippen LogP contribution >= 0.6 is 0 Å². The van der Waals surface area contributed by atoms with E-state index in [1.165, 1.54) is 0 Å². The lowest BCUT2D eigenvalue weighted by atomic mass is 9.81. The highest BCUT2D eigenvalue weighted by atomic mass is 16.7. The van der Waals surface area contributed by atoms with E-state index >= 15 is 0 Å². The molecule has 1 saturated heterocycles. The average molecular weight is 364 g/mol. The van der Waals surface area contributed by atoms with Gasteiger partial charge in [-0.05, 0) is 48.5 Å². The van der Waals surface area contributed by atoms with Crippen LogP contribution in [0.1, 0.15) is 48.5 Å². The Morgan fingerprint density at radius 2 is 1.65 bits per heavy atom. The minimum atomic E-state index is -0.510. The zero-order valence-electron chi connectivity index (χ0n) is 16.7. The first kappa shape index (κ1) is 20.4. The van der Waals surface area contributed by atoms with Crippen molar-refractivity contribution in [3.8, 4) is 0 Å². The lowest BCUT2D eigenvalue weighted by Gasteiger charge is -2.32. The number of carbonyl (C=O) groups is 1. The minimum Gasteiger partial charge on any atom is -0.444 e. The first-order valence-corrected chi connectivity index (χ1v) is 8.78. The first-order chi connectivity index (χ1) is 11.9. The van der Waals surface area contributed by atoms with Crippen molar-refractivity contribution in [2.45, 2.75) is 65.3 Å². The second-order valence-corrected chi connectivity index (χ2v) is 8.28. The molecule has 0 unspecified atom stereocenters. The van der Waals surface area contributed by atoms with E-state index in [9.17, 15) is 4.79 Å². The Balaban J connectivity index is 1.79. The Morgan fingerprint density at radius 3 is 2.15 bits per heavy atom. The maximum absolute atomic E-state index is 11.5. The molecule has 0 bridgehead atoms. The molecule has 2 N–H and O–H groups in total. The lowest BCUT2D eigenvalue weighted by Crippen LogP contribution is -2.41. The van der Waals surface area contributed by atoms with Crippen LogP contribution in [0.15, 0.2) is 12.4 Å². The largest absolute Gasteiger partial charge is 0.498 e. The van der Waals surface area contributed by atoms with Gasteiger partial charge in [0.2, 0.25) is 5.95 Å². The molecule has 0 radical (unpaired) electrons. The number of hydrogen-bond donors (Lipinski definition) is 2. The minimum absolute atomic E-state index is 0.400. The third kappa shape index (κ3) is 5.31. The van der Waals surface area contributed by atoms with Crippen LogP contribution in [0.4, 0.5) is 10.7 Å². The number of hydrogen-bond acceptors (Lipinski definition) is 7. The molecule has 0 spiro atoms. The van der Waals surface area contributed by atoms with Gasteiger partial charge in [0.1, 0.15) is 5.60 Å². The van der Waals surface area contributed by atoms with Gasteiger partial charge in [-0.1, -0.05) is 0 Å². The molecule has 2 rings (SSSR count). The van der Waals surface area contributed by atoms with Crippen LogP contribution in [0.25, 0.3) is 0 Å². The molecule has 0 atom stereocenters. The van der Waals surface area contributed by atoms with Crippen molar-refractivity contribution in [3.05, 3.63) is 12.4 Å². The second-order valence-electron chi connectivity index (χ2n) is 8.28. The van der Waals surface area contributed by atoms with Crippen molar-refractivity contribution in [1.82, 2.24) is 15.3 Å². The van der Waals surface area contributed by atoms with Crippen LogP contribution in [-0.2, 0) is 14.0 Å². The third-order valence-electron chi connectivity index (χ3n) is 4.27. The topological polar surface area (TPSA) is 94.6 Å². The highest BCUT2D eigenvalue weighted by molar-refractivity contribution is 6.61. The quantitative estimate of drug-likeness (QED) is 0.607. The Labute approximate surface area is 155 Å². The number of anilines is 1. The maximum atomic E-state index is 11.5. The molecule has 1 amide bonds. The molecule has 9 heteroatoms. The number of aromatic nitrogens is 2. The summed E-state index contributed by atoms with van der Waals surface area (Å²) in [5.41, 5.74) is -0.547. The molecule has 1 aliphatic heterocycles. The van der Waals surface area contributed by atoms with Crippen LogP contribution in [0.5, 0.6) is 0 Å². The van der Waals surface area contributed by atoms with Gasteiger partial charge in [0.05, 0.1) is 11.2 Å². The van der Waals surface area contributed by atoms with Gasteiger partial charge < -0.3 is 24.7 Å². The summed E-state index contributed by atoms with van der Waals surface area (Å²) in [6.45, 7) is 14.3. The van der Waals surface area contributed by atoms with Crippen LogP contribution in [0, 0.1) is 0 Å². The fourth-order valence-electron chi connectivity index (χ4n) is 2.18. The lowest BCUT2D eigenvalue weighted by molar-refractivity contribution is 0.00578. The Morgan fingerprint density at radius 1 is 1.12 bits per heavy atom. The van der Waals surface area contributed by atoms with Gasteiger partial charge in [-0.2, -0.15) is 0 Å². The molecule has 1 aliphatic rings. The molecule has 8 nitrogen and oxygen atoms in total. The molecular weight excluding hydrogens is 335 g/mol. The van der Waals surface area contributed by atoms with Crippen molar-refractivity contribution < 1.29 is 18.8 Å². The zero-order chi connectivity index (χ0) is 19.6. The molecular formula is C17H29BN4O4. The van der Waals surface area contributed by atoms with Crippen molar-refractivity contribution >= 4 is 24.6 Å². The number of nitrogens with zero attached hydrogens (tertiary/aromatic N) is 2. The predicted octanol–water partition coefficient (Wildman–Crippen LogP) is 1.71. The smallest absolute Gasteiger partial charge is 0.444 e. The van der Waals surface area contributed by atoms with Gasteiger partial charge >= 0.3 is 13.2 Å². The van der Waals surface area contributed by atoms with Crippen molar-refractivity contribution in [1.29, 1.82) is 0 Å².